The van der Waals surface area contributed by atoms with Crippen LogP contribution in [0.3, 0.4) is 0 Å². The number of aromatic nitrogens is 2. The number of hydrogen-bond acceptors (Lipinski definition) is 1. The van der Waals surface area contributed by atoms with Gasteiger partial charge in [0.05, 0.1) is 0 Å². The third-order valence-electron chi connectivity index (χ3n) is 0.362. The number of aromatic amines is 1. The fraction of sp³-hybridized carbons (Fsp3) is 0. The molecule has 36 valence electrons. The van der Waals surface area contributed by atoms with E-state index in [9.17, 15) is 0 Å². The molecule has 0 saturated heterocycles. The predicted octanol–water partition coefficient (Wildman–Crippen LogP) is 0.207. The van der Waals surface area contributed by atoms with Crippen LogP contribution in [-0.4, -0.2) is 9.97 Å². The van der Waals surface area contributed by atoms with Gasteiger partial charge in [-0.3, -0.25) is 0 Å². The van der Waals surface area contributed by atoms with Gasteiger partial charge in [-0.15, -0.1) is 12.4 Å². The van der Waals surface area contributed by atoms with E-state index in [0.717, 1.165) is 0 Å². The maximum absolute atomic E-state index is 3.54. The summed E-state index contributed by atoms with van der Waals surface area (Å²) in [6, 6.07) is 0. The molecule has 1 aromatic heterocycles. The molecule has 1 aromatic rings. The third kappa shape index (κ3) is 1.22. The van der Waals surface area contributed by atoms with E-state index in [0.29, 0.717) is 0 Å². The number of nitrogens with zero attached hydrogens (tertiary/aromatic N) is 1. The Morgan fingerprint density at radius 1 is 1.67 bits per heavy atom. The summed E-state index contributed by atoms with van der Waals surface area (Å²) < 4.78 is 0. The maximum atomic E-state index is 3.54. The van der Waals surface area contributed by atoms with Crippen molar-refractivity contribution in [3.63, 3.8) is 0 Å². The first kappa shape index (κ1) is 5.70. The first-order valence-corrected chi connectivity index (χ1v) is 1.35. The number of imidazole rings is 1. The van der Waals surface area contributed by atoms with Gasteiger partial charge >= 0.3 is 0 Å². The molecule has 2 nitrogen and oxygen atoms in total. The molecule has 1 rings (SSSR count). The average molecular weight is 126 g/mol. The van der Waals surface area contributed by atoms with Crippen molar-refractivity contribution in [2.24, 2.45) is 0 Å². The van der Waals surface area contributed by atoms with Gasteiger partial charge in [0.25, 0.3) is 0 Å². The van der Waals surface area contributed by atoms with Crippen molar-refractivity contribution < 1.29 is 16.5 Å². The molecule has 0 aliphatic rings. The van der Waals surface area contributed by atoms with Crippen molar-refractivity contribution in [2.45, 2.75) is 0 Å². The zero-order chi connectivity index (χ0) is 3.54. The van der Waals surface area contributed by atoms with E-state index in [1.54, 1.807) is 12.4 Å². The minimum Gasteiger partial charge on any atom is -0.467 e. The standard InChI is InChI=1S/C3H3N2.Ni/c1-2-5-3-4-1;/h1-2H,(H,4,5);/q-1;. The zero-order valence-corrected chi connectivity index (χ0v) is 3.91. The molecular weight excluding hydrogens is 123 g/mol. The number of nitrogens with one attached hydrogen (secondary N) is 1. The van der Waals surface area contributed by atoms with Gasteiger partial charge in [0.1, 0.15) is 0 Å². The summed E-state index contributed by atoms with van der Waals surface area (Å²) in [5, 5.41) is 0. The van der Waals surface area contributed by atoms with E-state index in [1.807, 2.05) is 0 Å². The molecule has 0 spiro atoms. The summed E-state index contributed by atoms with van der Waals surface area (Å²) in [4.78, 5) is 6.17. The van der Waals surface area contributed by atoms with Crippen molar-refractivity contribution in [1.82, 2.24) is 9.97 Å². The first-order valence-electron chi connectivity index (χ1n) is 1.35. The molecule has 0 unspecified atom stereocenters. The van der Waals surface area contributed by atoms with Crippen LogP contribution in [0.2, 0.25) is 0 Å². The minimum atomic E-state index is 0. The molecule has 0 atom stereocenters. The van der Waals surface area contributed by atoms with Gasteiger partial charge in [-0.05, 0) is 6.33 Å². The summed E-state index contributed by atoms with van der Waals surface area (Å²) in [6.07, 6.45) is 5.83. The van der Waals surface area contributed by atoms with Gasteiger partial charge in [-0.2, -0.15) is 0 Å². The second kappa shape index (κ2) is 2.92. The van der Waals surface area contributed by atoms with Crippen LogP contribution in [0.5, 0.6) is 0 Å². The van der Waals surface area contributed by atoms with Gasteiger partial charge in [0.15, 0.2) is 0 Å². The molecule has 0 saturated carbocycles. The normalized spacial score (nSPS) is 6.67. The molecule has 0 bridgehead atoms. The van der Waals surface area contributed by atoms with Crippen LogP contribution in [0.4, 0.5) is 0 Å². The fourth-order valence-electron chi connectivity index (χ4n) is 0.186. The second-order valence-corrected chi connectivity index (χ2v) is 0.701. The van der Waals surface area contributed by atoms with Gasteiger partial charge in [0.2, 0.25) is 0 Å². The van der Waals surface area contributed by atoms with E-state index >= 15 is 0 Å². The molecule has 0 aromatic carbocycles. The molecular formula is C3H3N2Ni-. The Bertz CT molecular complexity index is 65.3. The molecule has 0 amide bonds. The molecule has 3 heteroatoms. The third-order valence-corrected chi connectivity index (χ3v) is 0.362. The van der Waals surface area contributed by atoms with Crippen LogP contribution in [-0.2, 0) is 16.5 Å². The number of hydrogen-bond donors (Lipinski definition) is 1. The summed E-state index contributed by atoms with van der Waals surface area (Å²) >= 11 is 0. The molecule has 0 radical (unpaired) electrons. The molecule has 0 aliphatic heterocycles. The van der Waals surface area contributed by atoms with Crippen molar-refractivity contribution >= 4 is 0 Å². The largest absolute Gasteiger partial charge is 0.467 e. The Labute approximate surface area is 45.9 Å². The Morgan fingerprint density at radius 3 is 2.67 bits per heavy atom. The average Bonchev–Trinajstić information content (AvgIpc) is 1.76. The predicted molar refractivity (Wildman–Crippen MR) is 17.4 cm³/mol. The topological polar surface area (TPSA) is 28.7 Å². The van der Waals surface area contributed by atoms with E-state index in [4.69, 9.17) is 0 Å². The smallest absolute Gasteiger partial charge is 0 e. The monoisotopic (exact) mass is 125 g/mol. The summed E-state index contributed by atoms with van der Waals surface area (Å²) in [5.74, 6) is 0. The molecule has 1 heterocycles. The molecule has 0 aliphatic carbocycles. The summed E-state index contributed by atoms with van der Waals surface area (Å²) in [5.41, 5.74) is 0. The Kier molecular flexibility index (Phi) is 2.77. The SMILES string of the molecule is [Ni].[c-]1ncc[nH]1. The minimum absolute atomic E-state index is 0. The van der Waals surface area contributed by atoms with E-state index < -0.39 is 0 Å². The number of H-pyrrole nitrogens is 1. The number of rotatable bonds is 0. The van der Waals surface area contributed by atoms with Crippen LogP contribution in [0.1, 0.15) is 0 Å². The van der Waals surface area contributed by atoms with Gasteiger partial charge < -0.3 is 9.97 Å². The summed E-state index contributed by atoms with van der Waals surface area (Å²) in [7, 11) is 0. The van der Waals surface area contributed by atoms with Gasteiger partial charge in [-0.25, -0.2) is 0 Å². The molecule has 6 heavy (non-hydrogen) atoms. The van der Waals surface area contributed by atoms with Crippen molar-refractivity contribution in [3.05, 3.63) is 18.7 Å². The maximum Gasteiger partial charge on any atom is 0 e. The van der Waals surface area contributed by atoms with Gasteiger partial charge in [-0.1, -0.05) is 0 Å². The van der Waals surface area contributed by atoms with Crippen LogP contribution in [0.15, 0.2) is 12.4 Å². The Balaban J connectivity index is 0.000000250. The van der Waals surface area contributed by atoms with Crippen LogP contribution < -0.4 is 0 Å². The van der Waals surface area contributed by atoms with Crippen LogP contribution in [0.25, 0.3) is 0 Å². The zero-order valence-electron chi connectivity index (χ0n) is 2.92. The van der Waals surface area contributed by atoms with Crippen molar-refractivity contribution in [1.29, 1.82) is 0 Å². The molecule has 0 fully saturated rings. The fourth-order valence-corrected chi connectivity index (χ4v) is 0.186. The van der Waals surface area contributed by atoms with E-state index in [2.05, 4.69) is 16.3 Å². The quantitative estimate of drug-likeness (QED) is 0.390. The Hall–Kier alpha value is -0.296. The van der Waals surface area contributed by atoms with E-state index in [-0.39, 0.29) is 16.5 Å². The van der Waals surface area contributed by atoms with Gasteiger partial charge in [0, 0.05) is 16.5 Å². The second-order valence-electron chi connectivity index (χ2n) is 0.701. The first-order chi connectivity index (χ1) is 2.50. The van der Waals surface area contributed by atoms with Crippen LogP contribution in [0, 0.1) is 6.33 Å². The van der Waals surface area contributed by atoms with Crippen molar-refractivity contribution in [2.75, 3.05) is 0 Å². The van der Waals surface area contributed by atoms with Crippen molar-refractivity contribution in [3.8, 4) is 0 Å². The van der Waals surface area contributed by atoms with E-state index in [1.165, 1.54) is 0 Å². The summed E-state index contributed by atoms with van der Waals surface area (Å²) in [6.45, 7) is 0. The van der Waals surface area contributed by atoms with Crippen LogP contribution >= 0.6 is 0 Å². The Morgan fingerprint density at radius 2 is 2.50 bits per heavy atom. The molecule has 1 N–H and O–H groups in total.